The normalized spacial score (nSPS) is 19.3. The minimum Gasteiger partial charge on any atom is -0.464 e. The number of hydrogen-bond donors (Lipinski definition) is 1. The molecule has 1 unspecified atom stereocenters. The molecular weight excluding hydrogens is 328 g/mol. The minimum absolute atomic E-state index is 0.139. The van der Waals surface area contributed by atoms with E-state index in [1.54, 1.807) is 25.1 Å². The first kappa shape index (κ1) is 16.5. The molecule has 24 heavy (non-hydrogen) atoms. The van der Waals surface area contributed by atoms with Crippen LogP contribution >= 0.6 is 11.6 Å². The first-order valence-corrected chi connectivity index (χ1v) is 7.98. The van der Waals surface area contributed by atoms with Crippen molar-refractivity contribution in [3.05, 3.63) is 64.7 Å². The Kier molecular flexibility index (Phi) is 4.30. The maximum absolute atomic E-state index is 13.0. The number of nitrogens with zero attached hydrogens (tertiary/aromatic N) is 1. The van der Waals surface area contributed by atoms with E-state index in [4.69, 9.17) is 22.1 Å². The molecule has 124 valence electrons. The molecule has 0 aliphatic carbocycles. The van der Waals surface area contributed by atoms with Gasteiger partial charge in [0.2, 0.25) is 5.54 Å². The van der Waals surface area contributed by atoms with Gasteiger partial charge in [-0.15, -0.1) is 0 Å². The van der Waals surface area contributed by atoms with Gasteiger partial charge < -0.3 is 15.4 Å². The largest absolute Gasteiger partial charge is 0.464 e. The molecular formula is C18H17ClN2O3. The third-order valence-electron chi connectivity index (χ3n) is 4.04. The predicted octanol–water partition coefficient (Wildman–Crippen LogP) is 2.60. The third-order valence-corrected chi connectivity index (χ3v) is 4.27. The average Bonchev–Trinajstić information content (AvgIpc) is 2.79. The van der Waals surface area contributed by atoms with Crippen LogP contribution in [-0.4, -0.2) is 18.5 Å². The number of carbonyl (C=O) groups is 2. The molecule has 2 N–H and O–H groups in total. The van der Waals surface area contributed by atoms with Crippen LogP contribution < -0.4 is 10.6 Å². The summed E-state index contributed by atoms with van der Waals surface area (Å²) in [5.41, 5.74) is 6.24. The van der Waals surface area contributed by atoms with Gasteiger partial charge in [-0.3, -0.25) is 4.79 Å². The second-order valence-corrected chi connectivity index (χ2v) is 6.00. The number of benzene rings is 2. The zero-order valence-corrected chi connectivity index (χ0v) is 13.9. The fourth-order valence-corrected chi connectivity index (χ4v) is 3.03. The van der Waals surface area contributed by atoms with Crippen LogP contribution in [0, 0.1) is 0 Å². The smallest absolute Gasteiger partial charge is 0.340 e. The van der Waals surface area contributed by atoms with E-state index in [0.29, 0.717) is 22.8 Å². The van der Waals surface area contributed by atoms with Crippen molar-refractivity contribution in [3.8, 4) is 0 Å². The number of ether oxygens (including phenoxy) is 1. The summed E-state index contributed by atoms with van der Waals surface area (Å²) in [5.74, 6) is -1.28. The molecule has 5 nitrogen and oxygen atoms in total. The molecule has 0 saturated carbocycles. The SMILES string of the molecule is CCOC(=O)C1(N)C(=O)N(Cc2ccccc2)c2ccc(Cl)cc21. The lowest BCUT2D eigenvalue weighted by atomic mass is 9.92. The van der Waals surface area contributed by atoms with Crippen LogP contribution in [0.5, 0.6) is 0 Å². The Morgan fingerprint density at radius 3 is 2.62 bits per heavy atom. The van der Waals surface area contributed by atoms with Crippen molar-refractivity contribution in [2.45, 2.75) is 19.0 Å². The zero-order chi connectivity index (χ0) is 17.3. The molecule has 3 rings (SSSR count). The summed E-state index contributed by atoms with van der Waals surface area (Å²) in [7, 11) is 0. The Morgan fingerprint density at radius 2 is 1.96 bits per heavy atom. The lowest BCUT2D eigenvalue weighted by molar-refractivity contribution is -0.153. The molecule has 2 aromatic carbocycles. The van der Waals surface area contributed by atoms with Gasteiger partial charge in [-0.2, -0.15) is 0 Å². The van der Waals surface area contributed by atoms with Gasteiger partial charge in [0.1, 0.15) is 0 Å². The van der Waals surface area contributed by atoms with E-state index in [1.807, 2.05) is 30.3 Å². The van der Waals surface area contributed by atoms with E-state index in [9.17, 15) is 9.59 Å². The van der Waals surface area contributed by atoms with Gasteiger partial charge in [-0.1, -0.05) is 41.9 Å². The highest BCUT2D eigenvalue weighted by Crippen LogP contribution is 2.41. The Balaban J connectivity index is 2.07. The highest BCUT2D eigenvalue weighted by Gasteiger charge is 2.55. The van der Waals surface area contributed by atoms with Crippen molar-refractivity contribution < 1.29 is 14.3 Å². The van der Waals surface area contributed by atoms with Gasteiger partial charge in [0.15, 0.2) is 0 Å². The molecule has 2 aromatic rings. The Labute approximate surface area is 145 Å². The molecule has 1 atom stereocenters. The van der Waals surface area contributed by atoms with Crippen molar-refractivity contribution in [1.29, 1.82) is 0 Å². The summed E-state index contributed by atoms with van der Waals surface area (Å²) in [6.45, 7) is 2.12. The Bertz CT molecular complexity index is 794. The predicted molar refractivity (Wildman–Crippen MR) is 91.6 cm³/mol. The van der Waals surface area contributed by atoms with Crippen LogP contribution in [0.2, 0.25) is 5.02 Å². The number of halogens is 1. The maximum atomic E-state index is 13.0. The fraction of sp³-hybridized carbons (Fsp3) is 0.222. The van der Waals surface area contributed by atoms with E-state index in [-0.39, 0.29) is 6.61 Å². The van der Waals surface area contributed by atoms with Crippen LogP contribution in [0.3, 0.4) is 0 Å². The van der Waals surface area contributed by atoms with Crippen molar-refractivity contribution in [3.63, 3.8) is 0 Å². The van der Waals surface area contributed by atoms with E-state index in [1.165, 1.54) is 4.90 Å². The molecule has 6 heteroatoms. The first-order valence-electron chi connectivity index (χ1n) is 7.60. The minimum atomic E-state index is -1.87. The fourth-order valence-electron chi connectivity index (χ4n) is 2.86. The van der Waals surface area contributed by atoms with Crippen LogP contribution in [0.1, 0.15) is 18.1 Å². The molecule has 0 bridgehead atoms. The number of esters is 1. The number of hydrogen-bond acceptors (Lipinski definition) is 4. The molecule has 1 heterocycles. The molecule has 0 spiro atoms. The van der Waals surface area contributed by atoms with Gasteiger partial charge in [0.05, 0.1) is 18.8 Å². The van der Waals surface area contributed by atoms with E-state index in [2.05, 4.69) is 0 Å². The lowest BCUT2D eigenvalue weighted by Gasteiger charge is -2.22. The summed E-state index contributed by atoms with van der Waals surface area (Å²) < 4.78 is 5.04. The summed E-state index contributed by atoms with van der Waals surface area (Å²) in [6.07, 6.45) is 0. The summed E-state index contributed by atoms with van der Waals surface area (Å²) >= 11 is 6.05. The Hall–Kier alpha value is -2.37. The number of fused-ring (bicyclic) bond motifs is 1. The standard InChI is InChI=1S/C18H17ClN2O3/c1-2-24-17(23)18(20)14-10-13(19)8-9-15(14)21(16(18)22)11-12-6-4-3-5-7-12/h3-10H,2,11,20H2,1H3. The molecule has 0 fully saturated rings. The molecule has 0 radical (unpaired) electrons. The van der Waals surface area contributed by atoms with Crippen LogP contribution in [0.25, 0.3) is 0 Å². The summed E-state index contributed by atoms with van der Waals surface area (Å²) in [5, 5.41) is 0.405. The number of amides is 1. The van der Waals surface area contributed by atoms with Crippen molar-refractivity contribution in [1.82, 2.24) is 0 Å². The molecule has 1 aliphatic rings. The third kappa shape index (κ3) is 2.56. The second-order valence-electron chi connectivity index (χ2n) is 5.57. The van der Waals surface area contributed by atoms with Crippen LogP contribution in [-0.2, 0) is 26.4 Å². The second kappa shape index (κ2) is 6.26. The lowest BCUT2D eigenvalue weighted by Crippen LogP contribution is -2.53. The van der Waals surface area contributed by atoms with Gasteiger partial charge in [0.25, 0.3) is 5.91 Å². The molecule has 0 saturated heterocycles. The van der Waals surface area contributed by atoms with Gasteiger partial charge >= 0.3 is 5.97 Å². The van der Waals surface area contributed by atoms with Crippen LogP contribution in [0.15, 0.2) is 48.5 Å². The number of rotatable bonds is 4. The number of anilines is 1. The molecule has 1 aliphatic heterocycles. The highest BCUT2D eigenvalue weighted by atomic mass is 35.5. The van der Waals surface area contributed by atoms with Gasteiger partial charge in [-0.25, -0.2) is 4.79 Å². The first-order chi connectivity index (χ1) is 11.5. The monoisotopic (exact) mass is 344 g/mol. The number of carbonyl (C=O) groups excluding carboxylic acids is 2. The van der Waals surface area contributed by atoms with Gasteiger partial charge in [0, 0.05) is 10.6 Å². The summed E-state index contributed by atoms with van der Waals surface area (Å²) in [4.78, 5) is 26.9. The van der Waals surface area contributed by atoms with E-state index >= 15 is 0 Å². The van der Waals surface area contributed by atoms with Crippen LogP contribution in [0.4, 0.5) is 5.69 Å². The topological polar surface area (TPSA) is 72.6 Å². The zero-order valence-electron chi connectivity index (χ0n) is 13.2. The van der Waals surface area contributed by atoms with E-state index < -0.39 is 17.4 Å². The summed E-state index contributed by atoms with van der Waals surface area (Å²) in [6, 6.07) is 14.4. The van der Waals surface area contributed by atoms with Crippen molar-refractivity contribution >= 4 is 29.2 Å². The molecule has 1 amide bonds. The van der Waals surface area contributed by atoms with Crippen molar-refractivity contribution in [2.75, 3.05) is 11.5 Å². The number of nitrogens with two attached hydrogens (primary N) is 1. The maximum Gasteiger partial charge on any atom is 0.340 e. The Morgan fingerprint density at radius 1 is 1.25 bits per heavy atom. The quantitative estimate of drug-likeness (QED) is 0.683. The average molecular weight is 345 g/mol. The van der Waals surface area contributed by atoms with Gasteiger partial charge in [-0.05, 0) is 30.7 Å². The molecule has 0 aromatic heterocycles. The van der Waals surface area contributed by atoms with E-state index in [0.717, 1.165) is 5.56 Å². The highest BCUT2D eigenvalue weighted by molar-refractivity contribution is 6.31. The van der Waals surface area contributed by atoms with Crippen molar-refractivity contribution in [2.24, 2.45) is 5.73 Å².